The van der Waals surface area contributed by atoms with Gasteiger partial charge in [0.1, 0.15) is 18.0 Å². The first-order chi connectivity index (χ1) is 11.6. The minimum atomic E-state index is -0.421. The summed E-state index contributed by atoms with van der Waals surface area (Å²) in [5, 5.41) is 13.0. The average Bonchev–Trinajstić information content (AvgIpc) is 2.59. The van der Waals surface area contributed by atoms with Crippen LogP contribution in [0.15, 0.2) is 53.6 Å². The zero-order chi connectivity index (χ0) is 16.9. The summed E-state index contributed by atoms with van der Waals surface area (Å²) in [4.78, 5) is 25.4. The largest absolute Gasteiger partial charge is 0.508 e. The lowest BCUT2D eigenvalue weighted by Gasteiger charge is -2.28. The number of nitrogens with one attached hydrogen (secondary N) is 1. The second-order valence-electron chi connectivity index (χ2n) is 5.12. The number of hydrogen-bond donors (Lipinski definition) is 2. The van der Waals surface area contributed by atoms with E-state index in [0.29, 0.717) is 11.4 Å². The molecule has 0 fully saturated rings. The molecule has 0 spiro atoms. The first kappa shape index (κ1) is 15.5. The molecule has 24 heavy (non-hydrogen) atoms. The van der Waals surface area contributed by atoms with E-state index in [0.717, 1.165) is 5.56 Å². The highest BCUT2D eigenvalue weighted by molar-refractivity contribution is 6.02. The molecule has 2 aromatic carbocycles. The van der Waals surface area contributed by atoms with Crippen LogP contribution in [0, 0.1) is 0 Å². The van der Waals surface area contributed by atoms with Crippen molar-refractivity contribution in [1.29, 1.82) is 0 Å². The van der Waals surface area contributed by atoms with Crippen molar-refractivity contribution >= 4 is 23.7 Å². The van der Waals surface area contributed by atoms with Crippen molar-refractivity contribution in [2.24, 2.45) is 5.10 Å². The number of hydrazone groups is 1. The Labute approximate surface area is 138 Å². The quantitative estimate of drug-likeness (QED) is 0.654. The van der Waals surface area contributed by atoms with Gasteiger partial charge in [0.25, 0.3) is 11.8 Å². The molecular formula is C17H15N3O4. The molecule has 0 aromatic heterocycles. The minimum absolute atomic E-state index is 0.0962. The van der Waals surface area contributed by atoms with Gasteiger partial charge in [-0.15, -0.1) is 0 Å². The summed E-state index contributed by atoms with van der Waals surface area (Å²) in [6.45, 7) is -0.243. The summed E-state index contributed by atoms with van der Waals surface area (Å²) in [5.74, 6) is 0.0135. The zero-order valence-electron chi connectivity index (χ0n) is 12.7. The molecule has 1 aliphatic rings. The summed E-state index contributed by atoms with van der Waals surface area (Å²) in [5.41, 5.74) is 3.66. The molecule has 3 rings (SSSR count). The minimum Gasteiger partial charge on any atom is -0.508 e. The van der Waals surface area contributed by atoms with E-state index in [1.54, 1.807) is 36.4 Å². The molecule has 7 heteroatoms. The van der Waals surface area contributed by atoms with Crippen molar-refractivity contribution in [3.8, 4) is 11.5 Å². The molecule has 2 aromatic rings. The van der Waals surface area contributed by atoms with E-state index in [-0.39, 0.29) is 24.8 Å². The summed E-state index contributed by atoms with van der Waals surface area (Å²) in [6.07, 6.45) is 1.45. The Bertz CT molecular complexity index is 787. The molecule has 122 valence electrons. The van der Waals surface area contributed by atoms with Crippen LogP contribution < -0.4 is 15.1 Å². The molecule has 0 saturated heterocycles. The Morgan fingerprint density at radius 2 is 2.00 bits per heavy atom. The van der Waals surface area contributed by atoms with E-state index in [1.807, 2.05) is 0 Å². The van der Waals surface area contributed by atoms with Gasteiger partial charge in [0.05, 0.1) is 11.9 Å². The van der Waals surface area contributed by atoms with Crippen molar-refractivity contribution in [2.75, 3.05) is 18.1 Å². The number of fused-ring (bicyclic) bond motifs is 1. The van der Waals surface area contributed by atoms with Crippen LogP contribution in [0.2, 0.25) is 0 Å². The molecular weight excluding hydrogens is 310 g/mol. The molecule has 0 radical (unpaired) electrons. The van der Waals surface area contributed by atoms with Crippen LogP contribution in [-0.4, -0.2) is 36.3 Å². The molecule has 1 aliphatic heterocycles. The lowest BCUT2D eigenvalue weighted by atomic mass is 10.2. The summed E-state index contributed by atoms with van der Waals surface area (Å²) in [6, 6.07) is 13.4. The smallest absolute Gasteiger partial charge is 0.265 e. The number of nitrogens with zero attached hydrogens (tertiary/aromatic N) is 2. The number of rotatable bonds is 4. The van der Waals surface area contributed by atoms with Gasteiger partial charge in [-0.05, 0) is 42.0 Å². The molecule has 0 unspecified atom stereocenters. The fraction of sp³-hybridized carbons (Fsp3) is 0.118. The molecule has 2 N–H and O–H groups in total. The van der Waals surface area contributed by atoms with Gasteiger partial charge in [0, 0.05) is 0 Å². The van der Waals surface area contributed by atoms with Gasteiger partial charge >= 0.3 is 0 Å². The van der Waals surface area contributed by atoms with Crippen LogP contribution in [0.1, 0.15) is 5.56 Å². The molecule has 0 saturated carbocycles. The van der Waals surface area contributed by atoms with Crippen molar-refractivity contribution < 1.29 is 19.4 Å². The van der Waals surface area contributed by atoms with Gasteiger partial charge in [-0.3, -0.25) is 14.5 Å². The number of benzene rings is 2. The number of para-hydroxylation sites is 2. The van der Waals surface area contributed by atoms with Gasteiger partial charge in [-0.25, -0.2) is 5.43 Å². The van der Waals surface area contributed by atoms with E-state index in [9.17, 15) is 14.7 Å². The molecule has 2 amide bonds. The first-order valence-electron chi connectivity index (χ1n) is 7.26. The summed E-state index contributed by atoms with van der Waals surface area (Å²) >= 11 is 0. The van der Waals surface area contributed by atoms with Crippen LogP contribution in [0.3, 0.4) is 0 Å². The molecule has 0 bridgehead atoms. The third-order valence-corrected chi connectivity index (χ3v) is 3.41. The van der Waals surface area contributed by atoms with Gasteiger partial charge in [0.2, 0.25) is 0 Å². The second kappa shape index (κ2) is 6.82. The van der Waals surface area contributed by atoms with E-state index in [4.69, 9.17) is 4.74 Å². The average molecular weight is 325 g/mol. The van der Waals surface area contributed by atoms with E-state index < -0.39 is 5.91 Å². The number of hydrogen-bond acceptors (Lipinski definition) is 5. The van der Waals surface area contributed by atoms with E-state index >= 15 is 0 Å². The number of phenols is 1. The maximum absolute atomic E-state index is 12.0. The number of carbonyl (C=O) groups excluding carboxylic acids is 2. The molecule has 7 nitrogen and oxygen atoms in total. The van der Waals surface area contributed by atoms with Crippen LogP contribution in [0.5, 0.6) is 11.5 Å². The lowest BCUT2D eigenvalue weighted by Crippen LogP contribution is -2.44. The third kappa shape index (κ3) is 3.52. The Morgan fingerprint density at radius 3 is 2.79 bits per heavy atom. The number of carbonyl (C=O) groups is 2. The normalized spacial score (nSPS) is 13.5. The van der Waals surface area contributed by atoms with Crippen LogP contribution in [-0.2, 0) is 9.59 Å². The fourth-order valence-corrected chi connectivity index (χ4v) is 2.25. The Balaban J connectivity index is 1.62. The highest BCUT2D eigenvalue weighted by atomic mass is 16.5. The van der Waals surface area contributed by atoms with Gasteiger partial charge < -0.3 is 9.84 Å². The van der Waals surface area contributed by atoms with E-state index in [2.05, 4.69) is 10.5 Å². The second-order valence-corrected chi connectivity index (χ2v) is 5.12. The topological polar surface area (TPSA) is 91.2 Å². The Kier molecular flexibility index (Phi) is 4.42. The van der Waals surface area contributed by atoms with Crippen LogP contribution in [0.25, 0.3) is 0 Å². The highest BCUT2D eigenvalue weighted by Gasteiger charge is 2.26. The number of anilines is 1. The first-order valence-corrected chi connectivity index (χ1v) is 7.26. The third-order valence-electron chi connectivity index (χ3n) is 3.41. The van der Waals surface area contributed by atoms with Crippen LogP contribution in [0.4, 0.5) is 5.69 Å². The number of ether oxygens (including phenoxy) is 1. The van der Waals surface area contributed by atoms with Gasteiger partial charge in [-0.1, -0.05) is 12.1 Å². The van der Waals surface area contributed by atoms with Gasteiger partial charge in [-0.2, -0.15) is 5.10 Å². The molecule has 1 heterocycles. The number of phenolic OH excluding ortho intramolecular Hbond substituents is 1. The summed E-state index contributed by atoms with van der Waals surface area (Å²) < 4.78 is 5.32. The highest BCUT2D eigenvalue weighted by Crippen LogP contribution is 2.31. The standard InChI is InChI=1S/C17H15N3O4/c21-13-7-5-12(6-8-13)9-18-19-16(22)10-20-14-3-1-2-4-15(14)24-11-17(20)23/h1-9,21H,10-11H2,(H,19,22)/b18-9+. The van der Waals surface area contributed by atoms with Crippen molar-refractivity contribution in [3.05, 3.63) is 54.1 Å². The molecule has 0 aliphatic carbocycles. The Morgan fingerprint density at radius 1 is 1.25 bits per heavy atom. The van der Waals surface area contributed by atoms with Crippen LogP contribution >= 0.6 is 0 Å². The fourth-order valence-electron chi connectivity index (χ4n) is 2.25. The SMILES string of the molecule is O=C(CN1C(=O)COc2ccccc21)N/N=C/c1ccc(O)cc1. The van der Waals surface area contributed by atoms with Crippen molar-refractivity contribution in [1.82, 2.24) is 5.43 Å². The zero-order valence-corrected chi connectivity index (χ0v) is 12.7. The van der Waals surface area contributed by atoms with E-state index in [1.165, 1.54) is 23.2 Å². The van der Waals surface area contributed by atoms with Crippen molar-refractivity contribution in [3.63, 3.8) is 0 Å². The van der Waals surface area contributed by atoms with Crippen molar-refractivity contribution in [2.45, 2.75) is 0 Å². The maximum Gasteiger partial charge on any atom is 0.265 e. The maximum atomic E-state index is 12.0. The monoisotopic (exact) mass is 325 g/mol. The lowest BCUT2D eigenvalue weighted by molar-refractivity contribution is -0.125. The van der Waals surface area contributed by atoms with Gasteiger partial charge in [0.15, 0.2) is 6.61 Å². The number of amides is 2. The Hall–Kier alpha value is -3.35. The predicted molar refractivity (Wildman–Crippen MR) is 88.1 cm³/mol. The number of aromatic hydroxyl groups is 1. The summed E-state index contributed by atoms with van der Waals surface area (Å²) in [7, 11) is 0. The predicted octanol–water partition coefficient (Wildman–Crippen LogP) is 1.27. The molecule has 0 atom stereocenters.